The van der Waals surface area contributed by atoms with Crippen molar-refractivity contribution in [3.8, 4) is 0 Å². The van der Waals surface area contributed by atoms with Crippen LogP contribution in [-0.4, -0.2) is 22.8 Å². The maximum absolute atomic E-state index is 11.7. The molecule has 0 heterocycles. The number of allylic oxidation sites excluding steroid dienone is 3. The molecule has 3 heteroatoms. The van der Waals surface area contributed by atoms with Crippen LogP contribution < -0.4 is 0 Å². The summed E-state index contributed by atoms with van der Waals surface area (Å²) in [4.78, 5) is 23.2. The van der Waals surface area contributed by atoms with E-state index in [0.717, 1.165) is 17.6 Å². The number of Topliss-reactive ketones (excluding diaryl/α,β-unsaturated/α-hetero) is 2. The van der Waals surface area contributed by atoms with Gasteiger partial charge in [0.1, 0.15) is 0 Å². The van der Waals surface area contributed by atoms with Crippen LogP contribution in [0.3, 0.4) is 0 Å². The van der Waals surface area contributed by atoms with Crippen LogP contribution in [0.5, 0.6) is 0 Å². The van der Waals surface area contributed by atoms with Crippen molar-refractivity contribution in [2.75, 3.05) is 0 Å². The van der Waals surface area contributed by atoms with E-state index in [-0.39, 0.29) is 23.4 Å². The molecule has 0 saturated carbocycles. The molecule has 0 aromatic carbocycles. The minimum Gasteiger partial charge on any atom is -0.392 e. The Hall–Kier alpha value is -1.22. The van der Waals surface area contributed by atoms with E-state index in [0.29, 0.717) is 12.0 Å². The maximum atomic E-state index is 11.7. The number of carbonyl (C=O) groups excluding carboxylic acids is 2. The summed E-state index contributed by atoms with van der Waals surface area (Å²) in [5, 5.41) is 10.1. The lowest BCUT2D eigenvalue weighted by molar-refractivity contribution is -0.121. The smallest absolute Gasteiger partial charge is 0.161 e. The number of hydrogen-bond acceptors (Lipinski definition) is 3. The van der Waals surface area contributed by atoms with Gasteiger partial charge in [-0.3, -0.25) is 9.59 Å². The molecule has 2 atom stereocenters. The lowest BCUT2D eigenvalue weighted by atomic mass is 9.63. The van der Waals surface area contributed by atoms with Gasteiger partial charge in [0, 0.05) is 11.8 Å². The summed E-state index contributed by atoms with van der Waals surface area (Å²) < 4.78 is 0. The predicted octanol–water partition coefficient (Wildman–Crippen LogP) is 1.95. The molecule has 2 aliphatic carbocycles. The summed E-state index contributed by atoms with van der Waals surface area (Å²) in [6.07, 6.45) is 2.82. The molecule has 0 radical (unpaired) electrons. The van der Waals surface area contributed by atoms with E-state index in [2.05, 4.69) is 0 Å². The summed E-state index contributed by atoms with van der Waals surface area (Å²) in [7, 11) is 0. The SMILES string of the molecule is CC(=O)C1=CC2=C(C)C(=O)C[C@@H](O)[C@]2(C)CC1. The fourth-order valence-corrected chi connectivity index (χ4v) is 2.80. The lowest BCUT2D eigenvalue weighted by Gasteiger charge is -2.42. The van der Waals surface area contributed by atoms with Gasteiger partial charge in [0.2, 0.25) is 0 Å². The van der Waals surface area contributed by atoms with Gasteiger partial charge in [0.05, 0.1) is 6.10 Å². The number of aliphatic hydroxyl groups is 1. The standard InChI is InChI=1S/C14H18O3/c1-8-11-6-10(9(2)15)4-5-14(11,3)13(17)7-12(8)16/h6,13,17H,4-5,7H2,1-3H3/t13-,14-/m1/s1. The van der Waals surface area contributed by atoms with Gasteiger partial charge in [-0.05, 0) is 43.4 Å². The Bertz CT molecular complexity index is 456. The summed E-state index contributed by atoms with van der Waals surface area (Å²) in [5.41, 5.74) is 1.96. The number of aliphatic hydroxyl groups excluding tert-OH is 1. The largest absolute Gasteiger partial charge is 0.392 e. The van der Waals surface area contributed by atoms with Crippen LogP contribution in [0.25, 0.3) is 0 Å². The van der Waals surface area contributed by atoms with Crippen LogP contribution in [0.2, 0.25) is 0 Å². The fourth-order valence-electron chi connectivity index (χ4n) is 2.80. The minimum atomic E-state index is -0.626. The van der Waals surface area contributed by atoms with E-state index in [9.17, 15) is 14.7 Å². The Morgan fingerprint density at radius 2 is 2.18 bits per heavy atom. The third kappa shape index (κ3) is 1.78. The average Bonchev–Trinajstić information content (AvgIpc) is 2.26. The molecule has 0 amide bonds. The Kier molecular flexibility index (Phi) is 2.82. The number of rotatable bonds is 1. The summed E-state index contributed by atoms with van der Waals surface area (Å²) >= 11 is 0. The first-order valence-electron chi connectivity index (χ1n) is 6.00. The topological polar surface area (TPSA) is 54.4 Å². The first-order valence-corrected chi connectivity index (χ1v) is 6.00. The summed E-state index contributed by atoms with van der Waals surface area (Å²) in [6, 6.07) is 0. The first kappa shape index (κ1) is 12.2. The molecule has 3 nitrogen and oxygen atoms in total. The quantitative estimate of drug-likeness (QED) is 0.754. The highest BCUT2D eigenvalue weighted by Crippen LogP contribution is 2.47. The van der Waals surface area contributed by atoms with Crippen molar-refractivity contribution in [2.45, 2.75) is 46.1 Å². The Balaban J connectivity index is 2.57. The van der Waals surface area contributed by atoms with E-state index >= 15 is 0 Å². The molecule has 1 N–H and O–H groups in total. The van der Waals surface area contributed by atoms with Gasteiger partial charge in [-0.2, -0.15) is 0 Å². The van der Waals surface area contributed by atoms with Gasteiger partial charge >= 0.3 is 0 Å². The third-order valence-electron chi connectivity index (χ3n) is 4.24. The molecule has 2 aliphatic rings. The average molecular weight is 234 g/mol. The molecule has 0 aromatic rings. The maximum Gasteiger partial charge on any atom is 0.161 e. The second-order valence-electron chi connectivity index (χ2n) is 5.33. The molecule has 0 aromatic heterocycles. The highest BCUT2D eigenvalue weighted by atomic mass is 16.3. The number of ketones is 2. The van der Waals surface area contributed by atoms with Gasteiger partial charge in [0.15, 0.2) is 11.6 Å². The molecule has 17 heavy (non-hydrogen) atoms. The first-order chi connectivity index (χ1) is 7.86. The van der Waals surface area contributed by atoms with Crippen LogP contribution >= 0.6 is 0 Å². The normalized spacial score (nSPS) is 33.3. The molecule has 2 rings (SSSR count). The summed E-state index contributed by atoms with van der Waals surface area (Å²) in [5.74, 6) is 0.0471. The zero-order valence-electron chi connectivity index (χ0n) is 10.5. The van der Waals surface area contributed by atoms with Gasteiger partial charge in [-0.25, -0.2) is 0 Å². The van der Waals surface area contributed by atoms with Gasteiger partial charge < -0.3 is 5.11 Å². The number of carbonyl (C=O) groups is 2. The Morgan fingerprint density at radius 1 is 1.53 bits per heavy atom. The molecule has 0 spiro atoms. The van der Waals surface area contributed by atoms with Gasteiger partial charge in [0.25, 0.3) is 0 Å². The van der Waals surface area contributed by atoms with E-state index in [1.807, 2.05) is 13.0 Å². The van der Waals surface area contributed by atoms with Crippen LogP contribution in [0.15, 0.2) is 22.8 Å². The molecular formula is C14H18O3. The van der Waals surface area contributed by atoms with Crippen molar-refractivity contribution in [2.24, 2.45) is 5.41 Å². The van der Waals surface area contributed by atoms with Crippen molar-refractivity contribution in [3.63, 3.8) is 0 Å². The van der Waals surface area contributed by atoms with Crippen LogP contribution in [0.1, 0.15) is 40.0 Å². The summed E-state index contributed by atoms with van der Waals surface area (Å²) in [6.45, 7) is 5.32. The number of hydrogen-bond donors (Lipinski definition) is 1. The minimum absolute atomic E-state index is 0.00831. The Morgan fingerprint density at radius 3 is 2.76 bits per heavy atom. The Labute approximate surface area is 101 Å². The molecule has 92 valence electrons. The molecular weight excluding hydrogens is 216 g/mol. The zero-order valence-corrected chi connectivity index (χ0v) is 10.5. The highest BCUT2D eigenvalue weighted by Gasteiger charge is 2.44. The monoisotopic (exact) mass is 234 g/mol. The third-order valence-corrected chi connectivity index (χ3v) is 4.24. The van der Waals surface area contributed by atoms with Crippen molar-refractivity contribution in [1.29, 1.82) is 0 Å². The number of fused-ring (bicyclic) bond motifs is 1. The van der Waals surface area contributed by atoms with Crippen molar-refractivity contribution in [1.82, 2.24) is 0 Å². The van der Waals surface area contributed by atoms with Crippen molar-refractivity contribution >= 4 is 11.6 Å². The van der Waals surface area contributed by atoms with Crippen LogP contribution in [0, 0.1) is 5.41 Å². The van der Waals surface area contributed by atoms with Crippen LogP contribution in [0.4, 0.5) is 0 Å². The van der Waals surface area contributed by atoms with Crippen molar-refractivity contribution in [3.05, 3.63) is 22.8 Å². The van der Waals surface area contributed by atoms with E-state index < -0.39 is 6.10 Å². The molecule has 0 bridgehead atoms. The van der Waals surface area contributed by atoms with Gasteiger partial charge in [-0.15, -0.1) is 0 Å². The van der Waals surface area contributed by atoms with E-state index in [4.69, 9.17) is 0 Å². The second kappa shape index (κ2) is 3.91. The fraction of sp³-hybridized carbons (Fsp3) is 0.571. The van der Waals surface area contributed by atoms with Crippen molar-refractivity contribution < 1.29 is 14.7 Å². The van der Waals surface area contributed by atoms with Crippen LogP contribution in [-0.2, 0) is 9.59 Å². The molecule has 0 aliphatic heterocycles. The van der Waals surface area contributed by atoms with Gasteiger partial charge in [-0.1, -0.05) is 13.0 Å². The highest BCUT2D eigenvalue weighted by molar-refractivity contribution is 5.99. The predicted molar refractivity (Wildman–Crippen MR) is 64.4 cm³/mol. The second-order valence-corrected chi connectivity index (χ2v) is 5.33. The van der Waals surface area contributed by atoms with E-state index in [1.54, 1.807) is 13.8 Å². The van der Waals surface area contributed by atoms with E-state index in [1.165, 1.54) is 0 Å². The lowest BCUT2D eigenvalue weighted by Crippen LogP contribution is -2.42. The zero-order chi connectivity index (χ0) is 12.8. The molecule has 0 unspecified atom stereocenters. The molecule has 0 fully saturated rings. The molecule has 0 saturated heterocycles.